The van der Waals surface area contributed by atoms with E-state index in [9.17, 15) is 14.7 Å². The highest BCUT2D eigenvalue weighted by molar-refractivity contribution is 5.03. The zero-order valence-electron chi connectivity index (χ0n) is 20.5. The van der Waals surface area contributed by atoms with Gasteiger partial charge in [-0.2, -0.15) is 0 Å². The molecule has 2 atom stereocenters. The second-order valence-corrected chi connectivity index (χ2v) is 9.17. The Morgan fingerprint density at radius 1 is 0.903 bits per heavy atom. The molecule has 0 radical (unpaired) electrons. The summed E-state index contributed by atoms with van der Waals surface area (Å²) in [5.74, 6) is 0. The second kappa shape index (κ2) is 16.3. The van der Waals surface area contributed by atoms with Crippen LogP contribution < -0.4 is 16.6 Å². The van der Waals surface area contributed by atoms with Crippen molar-refractivity contribution >= 4 is 0 Å². The summed E-state index contributed by atoms with van der Waals surface area (Å²) in [5, 5.41) is 12.8. The zero-order valence-corrected chi connectivity index (χ0v) is 20.5. The Morgan fingerprint density at radius 2 is 1.45 bits per heavy atom. The lowest BCUT2D eigenvalue weighted by atomic mass is 10.1. The van der Waals surface area contributed by atoms with E-state index in [0.29, 0.717) is 5.56 Å². The Labute approximate surface area is 189 Å². The first-order valence-electron chi connectivity index (χ1n) is 12.6. The molecule has 0 amide bonds. The van der Waals surface area contributed by atoms with Crippen molar-refractivity contribution < 1.29 is 5.11 Å². The van der Waals surface area contributed by atoms with Crippen LogP contribution in [0.2, 0.25) is 0 Å². The van der Waals surface area contributed by atoms with Gasteiger partial charge in [0.05, 0.1) is 12.3 Å². The average molecular weight is 438 g/mol. The van der Waals surface area contributed by atoms with Gasteiger partial charge in [-0.1, -0.05) is 77.6 Å². The van der Waals surface area contributed by atoms with E-state index in [1.54, 1.807) is 20.2 Å². The molecule has 0 aliphatic carbocycles. The molecule has 1 aromatic rings. The molecule has 0 aliphatic rings. The topological polar surface area (TPSA) is 76.3 Å². The minimum absolute atomic E-state index is 0.179. The van der Waals surface area contributed by atoms with Crippen molar-refractivity contribution in [2.45, 2.75) is 123 Å². The van der Waals surface area contributed by atoms with Gasteiger partial charge in [-0.15, -0.1) is 0 Å². The Kier molecular flexibility index (Phi) is 14.5. The van der Waals surface area contributed by atoms with E-state index >= 15 is 0 Å². The molecule has 1 heterocycles. The number of unbranched alkanes of at least 4 members (excludes halogenated alkanes) is 10. The summed E-state index contributed by atoms with van der Waals surface area (Å²) in [7, 11) is 1.71. The number of aliphatic hydroxyl groups is 1. The SMILES string of the molecule is CCCCCCCCNC(CCCCCCCCC(C)O)n1c(=O)c(C)cn(C)c1=O. The number of aryl methyl sites for hydroxylation is 2. The molecular weight excluding hydrogens is 390 g/mol. The van der Waals surface area contributed by atoms with Crippen molar-refractivity contribution in [2.24, 2.45) is 7.05 Å². The first kappa shape index (κ1) is 27.6. The summed E-state index contributed by atoms with van der Waals surface area (Å²) in [6.07, 6.45) is 16.9. The highest BCUT2D eigenvalue weighted by atomic mass is 16.3. The fourth-order valence-corrected chi connectivity index (χ4v) is 4.10. The molecule has 6 heteroatoms. The van der Waals surface area contributed by atoms with Gasteiger partial charge in [-0.3, -0.25) is 10.1 Å². The van der Waals surface area contributed by atoms with Crippen LogP contribution >= 0.6 is 0 Å². The first-order valence-corrected chi connectivity index (χ1v) is 12.6. The van der Waals surface area contributed by atoms with Crippen LogP contribution in [0.4, 0.5) is 0 Å². The fourth-order valence-electron chi connectivity index (χ4n) is 4.10. The van der Waals surface area contributed by atoms with E-state index in [1.807, 2.05) is 6.92 Å². The number of nitrogens with zero attached hydrogens (tertiary/aromatic N) is 2. The van der Waals surface area contributed by atoms with Crippen LogP contribution in [0.3, 0.4) is 0 Å². The van der Waals surface area contributed by atoms with Gasteiger partial charge in [-0.25, -0.2) is 9.36 Å². The lowest BCUT2D eigenvalue weighted by molar-refractivity contribution is 0.180. The van der Waals surface area contributed by atoms with Crippen molar-refractivity contribution in [3.63, 3.8) is 0 Å². The van der Waals surface area contributed by atoms with Gasteiger partial charge >= 0.3 is 5.69 Å². The summed E-state index contributed by atoms with van der Waals surface area (Å²) in [6, 6.07) is 0. The number of nitrogens with one attached hydrogen (secondary N) is 1. The van der Waals surface area contributed by atoms with Crippen LogP contribution in [0.15, 0.2) is 15.8 Å². The van der Waals surface area contributed by atoms with Gasteiger partial charge in [-0.05, 0) is 39.7 Å². The van der Waals surface area contributed by atoms with E-state index in [1.165, 1.54) is 47.7 Å². The van der Waals surface area contributed by atoms with Crippen LogP contribution in [0.5, 0.6) is 0 Å². The van der Waals surface area contributed by atoms with Gasteiger partial charge < -0.3 is 9.67 Å². The van der Waals surface area contributed by atoms with E-state index in [-0.39, 0.29) is 23.5 Å². The van der Waals surface area contributed by atoms with E-state index in [0.717, 1.165) is 57.9 Å². The highest BCUT2D eigenvalue weighted by Crippen LogP contribution is 2.14. The number of aromatic nitrogens is 2. The molecule has 0 fully saturated rings. The van der Waals surface area contributed by atoms with Gasteiger partial charge in [0.15, 0.2) is 0 Å². The molecule has 2 unspecified atom stereocenters. The number of rotatable bonds is 18. The summed E-state index contributed by atoms with van der Waals surface area (Å²) >= 11 is 0. The molecule has 1 rings (SSSR count). The van der Waals surface area contributed by atoms with Gasteiger partial charge in [0.1, 0.15) is 0 Å². The van der Waals surface area contributed by atoms with Crippen molar-refractivity contribution in [3.05, 3.63) is 32.6 Å². The van der Waals surface area contributed by atoms with Crippen LogP contribution in [0.1, 0.15) is 115 Å². The number of aliphatic hydroxyl groups excluding tert-OH is 1. The van der Waals surface area contributed by atoms with Crippen molar-refractivity contribution in [2.75, 3.05) is 6.54 Å². The second-order valence-electron chi connectivity index (χ2n) is 9.17. The minimum atomic E-state index is -0.242. The average Bonchev–Trinajstić information content (AvgIpc) is 2.72. The Balaban J connectivity index is 2.58. The van der Waals surface area contributed by atoms with Gasteiger partial charge in [0, 0.05) is 18.8 Å². The lowest BCUT2D eigenvalue weighted by Crippen LogP contribution is -2.46. The standard InChI is InChI=1S/C25H47N3O3/c1-5-6-7-8-13-16-19-26-23(18-15-12-10-9-11-14-17-22(3)29)28-24(30)21(2)20-27(4)25(28)31/h20,22-23,26,29H,5-19H2,1-4H3. The van der Waals surface area contributed by atoms with Crippen LogP contribution in [-0.2, 0) is 7.05 Å². The zero-order chi connectivity index (χ0) is 23.1. The quantitative estimate of drug-likeness (QED) is 0.323. The molecule has 0 spiro atoms. The van der Waals surface area contributed by atoms with E-state index in [4.69, 9.17) is 0 Å². The third kappa shape index (κ3) is 11.2. The first-order chi connectivity index (χ1) is 14.9. The molecule has 0 aliphatic heterocycles. The summed E-state index contributed by atoms with van der Waals surface area (Å²) in [4.78, 5) is 25.5. The normalized spacial score (nSPS) is 13.5. The third-order valence-electron chi connectivity index (χ3n) is 6.02. The third-order valence-corrected chi connectivity index (χ3v) is 6.02. The lowest BCUT2D eigenvalue weighted by Gasteiger charge is -2.22. The number of hydrogen-bond acceptors (Lipinski definition) is 4. The maximum Gasteiger partial charge on any atom is 0.332 e. The molecular formula is C25H47N3O3. The van der Waals surface area contributed by atoms with Crippen LogP contribution in [0, 0.1) is 6.92 Å². The maximum atomic E-state index is 12.7. The molecule has 180 valence electrons. The molecule has 0 saturated heterocycles. The monoisotopic (exact) mass is 437 g/mol. The highest BCUT2D eigenvalue weighted by Gasteiger charge is 2.17. The predicted molar refractivity (Wildman–Crippen MR) is 130 cm³/mol. The molecule has 1 aromatic heterocycles. The number of hydrogen-bond donors (Lipinski definition) is 2. The molecule has 0 aromatic carbocycles. The fraction of sp³-hybridized carbons (Fsp3) is 0.840. The summed E-state index contributed by atoms with van der Waals surface area (Å²) in [5.41, 5.74) is 0.183. The van der Waals surface area contributed by atoms with Gasteiger partial charge in [0.2, 0.25) is 0 Å². The van der Waals surface area contributed by atoms with E-state index < -0.39 is 0 Å². The molecule has 2 N–H and O–H groups in total. The van der Waals surface area contributed by atoms with Crippen molar-refractivity contribution in [1.29, 1.82) is 0 Å². The minimum Gasteiger partial charge on any atom is -0.393 e. The van der Waals surface area contributed by atoms with Gasteiger partial charge in [0.25, 0.3) is 5.56 Å². The smallest absolute Gasteiger partial charge is 0.332 e. The molecule has 0 bridgehead atoms. The molecule has 0 saturated carbocycles. The molecule has 6 nitrogen and oxygen atoms in total. The predicted octanol–water partition coefficient (Wildman–Crippen LogP) is 4.81. The summed E-state index contributed by atoms with van der Waals surface area (Å²) in [6.45, 7) is 6.67. The molecule has 31 heavy (non-hydrogen) atoms. The Morgan fingerprint density at radius 3 is 2.06 bits per heavy atom. The van der Waals surface area contributed by atoms with Crippen LogP contribution in [-0.4, -0.2) is 26.9 Å². The van der Waals surface area contributed by atoms with E-state index in [2.05, 4.69) is 12.2 Å². The Hall–Kier alpha value is -1.40. The summed E-state index contributed by atoms with van der Waals surface area (Å²) < 4.78 is 2.94. The maximum absolute atomic E-state index is 12.7. The Bertz CT molecular complexity index is 675. The van der Waals surface area contributed by atoms with Crippen LogP contribution in [0.25, 0.3) is 0 Å². The van der Waals surface area contributed by atoms with Crippen molar-refractivity contribution in [3.8, 4) is 0 Å². The largest absolute Gasteiger partial charge is 0.393 e. The van der Waals surface area contributed by atoms with Crippen molar-refractivity contribution in [1.82, 2.24) is 14.5 Å².